The highest BCUT2D eigenvalue weighted by atomic mass is 32.1. The number of hydrogen-bond donors (Lipinski definition) is 0. The Bertz CT molecular complexity index is 2670. The number of hydrogen-bond acceptors (Lipinski definition) is 3. The Hall–Kier alpha value is -5.95. The van der Waals surface area contributed by atoms with Crippen LogP contribution in [0.15, 0.2) is 156 Å². The maximum absolute atomic E-state index is 10.0. The summed E-state index contributed by atoms with van der Waals surface area (Å²) in [6.45, 7) is 0. The predicted molar refractivity (Wildman–Crippen MR) is 193 cm³/mol. The van der Waals surface area contributed by atoms with Gasteiger partial charge in [-0.1, -0.05) is 103 Å². The molecule has 0 unspecified atom stereocenters. The summed E-state index contributed by atoms with van der Waals surface area (Å²) >= 11 is 1.83. The summed E-state index contributed by atoms with van der Waals surface area (Å²) in [6.07, 6.45) is 0. The third kappa shape index (κ3) is 4.24. The molecule has 0 fully saturated rings. The van der Waals surface area contributed by atoms with Gasteiger partial charge in [-0.15, -0.1) is 11.3 Å². The summed E-state index contributed by atoms with van der Waals surface area (Å²) < 4.78 is 8.84. The Balaban J connectivity index is 1.29. The van der Waals surface area contributed by atoms with Crippen LogP contribution in [0, 0.1) is 11.3 Å². The summed E-state index contributed by atoms with van der Waals surface area (Å²) in [4.78, 5) is 0. The fourth-order valence-electron chi connectivity index (χ4n) is 6.77. The van der Waals surface area contributed by atoms with E-state index in [1.807, 2.05) is 53.8 Å². The molecule has 9 aromatic rings. The molecule has 214 valence electrons. The van der Waals surface area contributed by atoms with Gasteiger partial charge in [-0.3, -0.25) is 0 Å². The SMILES string of the molecule is N#Cc1ccccc1-c1ccccc1-c1cc(-c2ccc3c(c2)oc2ccccc23)ccc1-c1ccc2sc3ccccc3c2c1. The second kappa shape index (κ2) is 10.6. The average molecular weight is 604 g/mol. The molecule has 3 heteroatoms. The highest BCUT2D eigenvalue weighted by Crippen LogP contribution is 2.43. The largest absolute Gasteiger partial charge is 0.456 e. The minimum absolute atomic E-state index is 0.661. The van der Waals surface area contributed by atoms with Gasteiger partial charge in [-0.25, -0.2) is 0 Å². The van der Waals surface area contributed by atoms with E-state index in [0.29, 0.717) is 5.56 Å². The van der Waals surface area contributed by atoms with Crippen molar-refractivity contribution in [1.82, 2.24) is 0 Å². The first kappa shape index (κ1) is 26.5. The number of benzene rings is 7. The Kier molecular flexibility index (Phi) is 6.09. The van der Waals surface area contributed by atoms with Gasteiger partial charge in [0.25, 0.3) is 0 Å². The van der Waals surface area contributed by atoms with E-state index in [4.69, 9.17) is 4.42 Å². The van der Waals surface area contributed by atoms with Crippen molar-refractivity contribution in [2.75, 3.05) is 0 Å². The Morgan fingerprint density at radius 3 is 1.91 bits per heavy atom. The van der Waals surface area contributed by atoms with Crippen LogP contribution in [0.3, 0.4) is 0 Å². The zero-order valence-electron chi connectivity index (χ0n) is 24.7. The quantitative estimate of drug-likeness (QED) is 0.201. The van der Waals surface area contributed by atoms with Crippen molar-refractivity contribution in [3.63, 3.8) is 0 Å². The molecule has 7 aromatic carbocycles. The van der Waals surface area contributed by atoms with Crippen molar-refractivity contribution < 1.29 is 4.42 Å². The van der Waals surface area contributed by atoms with Gasteiger partial charge in [0.15, 0.2) is 0 Å². The molecule has 0 aliphatic carbocycles. The first-order valence-electron chi connectivity index (χ1n) is 15.3. The summed E-state index contributed by atoms with van der Waals surface area (Å²) in [5, 5.41) is 14.8. The molecule has 2 heterocycles. The molecule has 0 saturated heterocycles. The van der Waals surface area contributed by atoms with E-state index in [1.54, 1.807) is 0 Å². The van der Waals surface area contributed by atoms with Crippen LogP contribution >= 0.6 is 11.3 Å². The maximum Gasteiger partial charge on any atom is 0.136 e. The number of para-hydroxylation sites is 1. The fourth-order valence-corrected chi connectivity index (χ4v) is 7.85. The second-order valence-electron chi connectivity index (χ2n) is 11.6. The van der Waals surface area contributed by atoms with E-state index in [2.05, 4.69) is 115 Å². The molecule has 0 saturated carbocycles. The van der Waals surface area contributed by atoms with Gasteiger partial charge in [0.05, 0.1) is 11.6 Å². The lowest BCUT2D eigenvalue weighted by Gasteiger charge is -2.17. The molecule has 0 atom stereocenters. The predicted octanol–water partition coefficient (Wildman–Crippen LogP) is 12.5. The summed E-state index contributed by atoms with van der Waals surface area (Å²) in [7, 11) is 0. The fraction of sp³-hybridized carbons (Fsp3) is 0. The van der Waals surface area contributed by atoms with Gasteiger partial charge in [0.1, 0.15) is 11.2 Å². The van der Waals surface area contributed by atoms with E-state index in [9.17, 15) is 5.26 Å². The molecule has 0 aliphatic rings. The lowest BCUT2D eigenvalue weighted by molar-refractivity contribution is 0.669. The van der Waals surface area contributed by atoms with Crippen molar-refractivity contribution in [3.8, 4) is 50.6 Å². The minimum Gasteiger partial charge on any atom is -0.456 e. The molecular formula is C43H25NOS. The molecule has 0 amide bonds. The number of rotatable bonds is 4. The van der Waals surface area contributed by atoms with Gasteiger partial charge in [-0.05, 0) is 87.5 Å². The number of nitrogens with zero attached hydrogens (tertiary/aromatic N) is 1. The minimum atomic E-state index is 0.661. The molecule has 0 radical (unpaired) electrons. The van der Waals surface area contributed by atoms with Crippen LogP contribution in [0.2, 0.25) is 0 Å². The average Bonchev–Trinajstić information content (AvgIpc) is 3.69. The third-order valence-electron chi connectivity index (χ3n) is 8.97. The highest BCUT2D eigenvalue weighted by Gasteiger charge is 2.17. The van der Waals surface area contributed by atoms with Crippen molar-refractivity contribution >= 4 is 53.4 Å². The number of furan rings is 1. The van der Waals surface area contributed by atoms with Crippen molar-refractivity contribution in [3.05, 3.63) is 157 Å². The van der Waals surface area contributed by atoms with Crippen molar-refractivity contribution in [1.29, 1.82) is 5.26 Å². The third-order valence-corrected chi connectivity index (χ3v) is 10.1. The van der Waals surface area contributed by atoms with E-state index in [1.165, 1.54) is 20.2 Å². The van der Waals surface area contributed by atoms with E-state index in [0.717, 1.165) is 66.4 Å². The van der Waals surface area contributed by atoms with Crippen molar-refractivity contribution in [2.45, 2.75) is 0 Å². The molecule has 2 nitrogen and oxygen atoms in total. The Morgan fingerprint density at radius 1 is 0.413 bits per heavy atom. The van der Waals surface area contributed by atoms with Gasteiger partial charge < -0.3 is 4.42 Å². The van der Waals surface area contributed by atoms with E-state index >= 15 is 0 Å². The molecule has 9 rings (SSSR count). The smallest absolute Gasteiger partial charge is 0.136 e. The van der Waals surface area contributed by atoms with Crippen molar-refractivity contribution in [2.24, 2.45) is 0 Å². The Labute approximate surface area is 270 Å². The number of thiophene rings is 1. The maximum atomic E-state index is 10.0. The van der Waals surface area contributed by atoms with Gasteiger partial charge in [0.2, 0.25) is 0 Å². The first-order valence-corrected chi connectivity index (χ1v) is 16.1. The van der Waals surface area contributed by atoms with Gasteiger partial charge in [-0.2, -0.15) is 5.26 Å². The zero-order chi connectivity index (χ0) is 30.6. The molecule has 0 N–H and O–H groups in total. The number of fused-ring (bicyclic) bond motifs is 6. The summed E-state index contributed by atoms with van der Waals surface area (Å²) in [5.41, 5.74) is 11.1. The molecule has 0 spiro atoms. The number of nitriles is 1. The van der Waals surface area contributed by atoms with Crippen LogP contribution in [-0.2, 0) is 0 Å². The van der Waals surface area contributed by atoms with Crippen LogP contribution < -0.4 is 0 Å². The second-order valence-corrected chi connectivity index (χ2v) is 12.7. The summed E-state index contributed by atoms with van der Waals surface area (Å²) in [5.74, 6) is 0. The molecule has 2 aromatic heterocycles. The molecule has 46 heavy (non-hydrogen) atoms. The monoisotopic (exact) mass is 603 g/mol. The molecule has 0 bridgehead atoms. The molecular weight excluding hydrogens is 579 g/mol. The van der Waals surface area contributed by atoms with E-state index in [-0.39, 0.29) is 0 Å². The lowest BCUT2D eigenvalue weighted by Crippen LogP contribution is -1.92. The summed E-state index contributed by atoms with van der Waals surface area (Å²) in [6, 6.07) is 55.6. The van der Waals surface area contributed by atoms with Crippen LogP contribution in [0.25, 0.3) is 86.6 Å². The standard InChI is InChI=1S/C43H25NOS/c44-26-30-9-1-2-10-31(30)33-11-3-4-12-34(33)38-23-27(28-18-21-36-35-13-5-7-15-40(35)45-41(36)25-28)17-20-32(38)29-19-22-43-39(24-29)37-14-6-8-16-42(37)46-43/h1-25H. The van der Waals surface area contributed by atoms with Crippen LogP contribution in [0.4, 0.5) is 0 Å². The van der Waals surface area contributed by atoms with Crippen LogP contribution in [-0.4, -0.2) is 0 Å². The van der Waals surface area contributed by atoms with Gasteiger partial charge in [0, 0.05) is 36.5 Å². The molecule has 0 aliphatic heterocycles. The van der Waals surface area contributed by atoms with Crippen LogP contribution in [0.1, 0.15) is 5.56 Å². The lowest BCUT2D eigenvalue weighted by atomic mass is 9.86. The highest BCUT2D eigenvalue weighted by molar-refractivity contribution is 7.25. The van der Waals surface area contributed by atoms with Gasteiger partial charge >= 0.3 is 0 Å². The normalized spacial score (nSPS) is 11.5. The topological polar surface area (TPSA) is 36.9 Å². The van der Waals surface area contributed by atoms with E-state index < -0.39 is 0 Å². The first-order chi connectivity index (χ1) is 22.7. The zero-order valence-corrected chi connectivity index (χ0v) is 25.5. The van der Waals surface area contributed by atoms with Crippen LogP contribution in [0.5, 0.6) is 0 Å². The Morgan fingerprint density at radius 2 is 1.04 bits per heavy atom.